The van der Waals surface area contributed by atoms with Gasteiger partial charge in [0.1, 0.15) is 18.2 Å². The summed E-state index contributed by atoms with van der Waals surface area (Å²) >= 11 is 5.78. The SMILES string of the molecule is O=C(N[C@H]1CCOc2c(C(=O)Nc3ccc(F)c(Cl)c3)cccc21)OCc1cnccn1. The fourth-order valence-electron chi connectivity index (χ4n) is 3.25. The smallest absolute Gasteiger partial charge is 0.408 e. The lowest BCUT2D eigenvalue weighted by Gasteiger charge is -2.27. The first kappa shape index (κ1) is 21.5. The average Bonchev–Trinajstić information content (AvgIpc) is 2.80. The summed E-state index contributed by atoms with van der Waals surface area (Å²) in [6.45, 7) is 0.285. The number of nitrogens with one attached hydrogen (secondary N) is 2. The minimum Gasteiger partial charge on any atom is -0.492 e. The molecule has 1 aliphatic heterocycles. The summed E-state index contributed by atoms with van der Waals surface area (Å²) in [4.78, 5) is 33.1. The van der Waals surface area contributed by atoms with Gasteiger partial charge >= 0.3 is 6.09 Å². The minimum atomic E-state index is -0.621. The number of carbonyl (C=O) groups is 2. The molecule has 0 saturated heterocycles. The molecule has 1 aromatic heterocycles. The number of fused-ring (bicyclic) bond motifs is 1. The number of aromatic nitrogens is 2. The maximum atomic E-state index is 13.4. The zero-order valence-corrected chi connectivity index (χ0v) is 17.4. The van der Waals surface area contributed by atoms with Crippen LogP contribution in [0.25, 0.3) is 0 Å². The highest BCUT2D eigenvalue weighted by molar-refractivity contribution is 6.31. The summed E-state index contributed by atoms with van der Waals surface area (Å²) in [7, 11) is 0. The predicted octanol–water partition coefficient (Wildman–Crippen LogP) is 4.27. The molecule has 164 valence electrons. The Morgan fingerprint density at radius 3 is 2.91 bits per heavy atom. The van der Waals surface area contributed by atoms with Gasteiger partial charge in [0.05, 0.1) is 35.1 Å². The fraction of sp³-hybridized carbons (Fsp3) is 0.182. The van der Waals surface area contributed by atoms with E-state index in [0.29, 0.717) is 35.7 Å². The van der Waals surface area contributed by atoms with Crippen molar-refractivity contribution in [3.63, 3.8) is 0 Å². The van der Waals surface area contributed by atoms with Crippen LogP contribution in [0.2, 0.25) is 5.02 Å². The van der Waals surface area contributed by atoms with Crippen LogP contribution in [0, 0.1) is 5.82 Å². The lowest BCUT2D eigenvalue weighted by Crippen LogP contribution is -2.33. The second-order valence-corrected chi connectivity index (χ2v) is 7.32. The number of halogens is 2. The van der Waals surface area contributed by atoms with Crippen molar-refractivity contribution in [3.05, 3.63) is 82.6 Å². The summed E-state index contributed by atoms with van der Waals surface area (Å²) in [5, 5.41) is 5.37. The molecule has 0 fully saturated rings. The van der Waals surface area contributed by atoms with Gasteiger partial charge in [-0.2, -0.15) is 0 Å². The number of benzene rings is 2. The third-order valence-electron chi connectivity index (χ3n) is 4.76. The van der Waals surface area contributed by atoms with Gasteiger partial charge < -0.3 is 20.1 Å². The number of amides is 2. The average molecular weight is 457 g/mol. The van der Waals surface area contributed by atoms with Crippen LogP contribution < -0.4 is 15.4 Å². The zero-order valence-electron chi connectivity index (χ0n) is 16.7. The van der Waals surface area contributed by atoms with Crippen molar-refractivity contribution < 1.29 is 23.5 Å². The molecule has 32 heavy (non-hydrogen) atoms. The van der Waals surface area contributed by atoms with E-state index in [-0.39, 0.29) is 17.2 Å². The maximum absolute atomic E-state index is 13.4. The molecule has 8 nitrogen and oxygen atoms in total. The minimum absolute atomic E-state index is 0.0155. The molecule has 0 saturated carbocycles. The highest BCUT2D eigenvalue weighted by atomic mass is 35.5. The van der Waals surface area contributed by atoms with Gasteiger partial charge in [0.25, 0.3) is 5.91 Å². The van der Waals surface area contributed by atoms with E-state index < -0.39 is 23.9 Å². The number of anilines is 1. The van der Waals surface area contributed by atoms with E-state index in [4.69, 9.17) is 21.1 Å². The predicted molar refractivity (Wildman–Crippen MR) is 114 cm³/mol. The molecule has 10 heteroatoms. The van der Waals surface area contributed by atoms with Crippen LogP contribution in [0.5, 0.6) is 5.75 Å². The zero-order chi connectivity index (χ0) is 22.5. The molecule has 0 unspecified atom stereocenters. The van der Waals surface area contributed by atoms with E-state index in [0.717, 1.165) is 0 Å². The molecule has 0 radical (unpaired) electrons. The topological polar surface area (TPSA) is 102 Å². The van der Waals surface area contributed by atoms with Crippen LogP contribution in [0.1, 0.15) is 34.1 Å². The number of nitrogens with zero attached hydrogens (tertiary/aromatic N) is 2. The van der Waals surface area contributed by atoms with E-state index in [1.54, 1.807) is 18.2 Å². The third kappa shape index (κ3) is 4.94. The molecule has 2 heterocycles. The van der Waals surface area contributed by atoms with Crippen molar-refractivity contribution in [3.8, 4) is 5.75 Å². The van der Waals surface area contributed by atoms with Crippen molar-refractivity contribution in [1.82, 2.24) is 15.3 Å². The summed E-state index contributed by atoms with van der Waals surface area (Å²) < 4.78 is 24.3. The summed E-state index contributed by atoms with van der Waals surface area (Å²) in [5.74, 6) is -0.663. The van der Waals surface area contributed by atoms with Crippen molar-refractivity contribution in [2.45, 2.75) is 19.1 Å². The highest BCUT2D eigenvalue weighted by Crippen LogP contribution is 2.35. The van der Waals surface area contributed by atoms with E-state index >= 15 is 0 Å². The summed E-state index contributed by atoms with van der Waals surface area (Å²) in [6.07, 6.45) is 4.44. The molecule has 2 amide bonds. The van der Waals surface area contributed by atoms with Crippen LogP contribution in [-0.4, -0.2) is 28.6 Å². The van der Waals surface area contributed by atoms with Crippen molar-refractivity contribution in [2.24, 2.45) is 0 Å². The normalized spacial score (nSPS) is 14.6. The third-order valence-corrected chi connectivity index (χ3v) is 5.05. The molecular weight excluding hydrogens is 439 g/mol. The van der Waals surface area contributed by atoms with Crippen molar-refractivity contribution in [2.75, 3.05) is 11.9 Å². The number of rotatable bonds is 5. The monoisotopic (exact) mass is 456 g/mol. The molecule has 0 spiro atoms. The molecule has 2 N–H and O–H groups in total. The first-order valence-electron chi connectivity index (χ1n) is 9.71. The van der Waals surface area contributed by atoms with Gasteiger partial charge in [-0.1, -0.05) is 23.7 Å². The van der Waals surface area contributed by atoms with Gasteiger partial charge in [0.15, 0.2) is 0 Å². The van der Waals surface area contributed by atoms with E-state index in [9.17, 15) is 14.0 Å². The lowest BCUT2D eigenvalue weighted by atomic mass is 9.97. The molecule has 3 aromatic rings. The Hall–Kier alpha value is -3.72. The van der Waals surface area contributed by atoms with Crippen LogP contribution in [0.15, 0.2) is 55.0 Å². The Bertz CT molecular complexity index is 1150. The Morgan fingerprint density at radius 2 is 2.12 bits per heavy atom. The largest absolute Gasteiger partial charge is 0.492 e. The quantitative estimate of drug-likeness (QED) is 0.594. The van der Waals surface area contributed by atoms with Gasteiger partial charge in [0, 0.05) is 30.1 Å². The first-order chi connectivity index (χ1) is 15.5. The Labute approximate surface area is 187 Å². The Kier molecular flexibility index (Phi) is 6.46. The van der Waals surface area contributed by atoms with Gasteiger partial charge in [-0.25, -0.2) is 9.18 Å². The number of hydrogen-bond donors (Lipinski definition) is 2. The Morgan fingerprint density at radius 1 is 1.25 bits per heavy atom. The first-order valence-corrected chi connectivity index (χ1v) is 10.1. The van der Waals surface area contributed by atoms with Gasteiger partial charge in [-0.05, 0) is 24.3 Å². The van der Waals surface area contributed by atoms with E-state index in [1.165, 1.54) is 36.8 Å². The Balaban J connectivity index is 1.46. The van der Waals surface area contributed by atoms with Gasteiger partial charge in [0.2, 0.25) is 0 Å². The maximum Gasteiger partial charge on any atom is 0.408 e. The number of para-hydroxylation sites is 1. The number of ether oxygens (including phenoxy) is 2. The molecule has 2 aromatic carbocycles. The molecule has 0 bridgehead atoms. The molecule has 0 aliphatic carbocycles. The second-order valence-electron chi connectivity index (χ2n) is 6.91. The van der Waals surface area contributed by atoms with Gasteiger partial charge in [-0.15, -0.1) is 0 Å². The van der Waals surface area contributed by atoms with Crippen molar-refractivity contribution in [1.29, 1.82) is 0 Å². The standard InChI is InChI=1S/C22H18ClFN4O4/c23-17-10-13(4-5-18(17)24)27-21(29)16-3-1-2-15-19(6-9-31-20(15)16)28-22(30)32-12-14-11-25-7-8-26-14/h1-5,7-8,10-11,19H,6,9,12H2,(H,27,29)(H,28,30)/t19-/m0/s1. The fourth-order valence-corrected chi connectivity index (χ4v) is 3.43. The number of hydrogen-bond acceptors (Lipinski definition) is 6. The van der Waals surface area contributed by atoms with Crippen molar-refractivity contribution >= 4 is 29.3 Å². The number of carbonyl (C=O) groups excluding carboxylic acids is 2. The van der Waals surface area contributed by atoms with E-state index in [2.05, 4.69) is 20.6 Å². The van der Waals surface area contributed by atoms with Crippen LogP contribution in [-0.2, 0) is 11.3 Å². The lowest BCUT2D eigenvalue weighted by molar-refractivity contribution is 0.102. The molecule has 1 aliphatic rings. The highest BCUT2D eigenvalue weighted by Gasteiger charge is 2.27. The van der Waals surface area contributed by atoms with E-state index in [1.807, 2.05) is 0 Å². The number of alkyl carbamates (subject to hydrolysis) is 1. The molecule has 1 atom stereocenters. The van der Waals surface area contributed by atoms with Crippen LogP contribution in [0.3, 0.4) is 0 Å². The van der Waals surface area contributed by atoms with Crippen LogP contribution in [0.4, 0.5) is 14.9 Å². The summed E-state index contributed by atoms with van der Waals surface area (Å²) in [6, 6.07) is 8.57. The molecular formula is C22H18ClFN4O4. The summed E-state index contributed by atoms with van der Waals surface area (Å²) in [5.41, 5.74) is 1.80. The second kappa shape index (κ2) is 9.61. The van der Waals surface area contributed by atoms with Gasteiger partial charge in [-0.3, -0.25) is 14.8 Å². The molecule has 4 rings (SSSR count). The van der Waals surface area contributed by atoms with Crippen LogP contribution >= 0.6 is 11.6 Å².